The highest BCUT2D eigenvalue weighted by atomic mass is 16.2. The number of hydrogen-bond donors (Lipinski definition) is 1. The fourth-order valence-electron chi connectivity index (χ4n) is 3.73. The number of rotatable bonds is 4. The lowest BCUT2D eigenvalue weighted by atomic mass is 9.95. The zero-order valence-corrected chi connectivity index (χ0v) is 12.2. The second kappa shape index (κ2) is 5.96. The van der Waals surface area contributed by atoms with Gasteiger partial charge in [0.25, 0.3) is 0 Å². The second-order valence-corrected chi connectivity index (χ2v) is 6.21. The van der Waals surface area contributed by atoms with Gasteiger partial charge in [-0.05, 0) is 37.2 Å². The molecule has 2 saturated heterocycles. The first kappa shape index (κ1) is 13.6. The smallest absolute Gasteiger partial charge is 0.222 e. The lowest BCUT2D eigenvalue weighted by Gasteiger charge is -2.24. The van der Waals surface area contributed by atoms with Crippen LogP contribution >= 0.6 is 0 Å². The number of amides is 1. The molecule has 3 atom stereocenters. The molecule has 0 saturated carbocycles. The molecule has 1 amide bonds. The Morgan fingerprint density at radius 3 is 2.85 bits per heavy atom. The summed E-state index contributed by atoms with van der Waals surface area (Å²) in [5.41, 5.74) is 1.33. The summed E-state index contributed by atoms with van der Waals surface area (Å²) in [6.45, 7) is 5.35. The highest BCUT2D eigenvalue weighted by molar-refractivity contribution is 5.77. The number of aryl methyl sites for hydroxylation is 1. The molecule has 108 valence electrons. The number of carbonyl (C=O) groups is 1. The molecule has 1 aromatic carbocycles. The third-order valence-corrected chi connectivity index (χ3v) is 4.95. The second-order valence-electron chi connectivity index (χ2n) is 6.21. The highest BCUT2D eigenvalue weighted by Gasteiger charge is 2.43. The molecule has 1 aromatic rings. The molecule has 1 N–H and O–H groups in total. The van der Waals surface area contributed by atoms with E-state index in [1.165, 1.54) is 5.56 Å². The summed E-state index contributed by atoms with van der Waals surface area (Å²) in [6, 6.07) is 10.9. The van der Waals surface area contributed by atoms with Crippen LogP contribution in [-0.4, -0.2) is 36.5 Å². The van der Waals surface area contributed by atoms with E-state index in [0.29, 0.717) is 30.2 Å². The van der Waals surface area contributed by atoms with E-state index in [-0.39, 0.29) is 0 Å². The summed E-state index contributed by atoms with van der Waals surface area (Å²) >= 11 is 0. The van der Waals surface area contributed by atoms with E-state index >= 15 is 0 Å². The van der Waals surface area contributed by atoms with Crippen molar-refractivity contribution in [2.45, 2.75) is 32.2 Å². The molecule has 0 aromatic heterocycles. The van der Waals surface area contributed by atoms with Gasteiger partial charge in [-0.1, -0.05) is 30.3 Å². The van der Waals surface area contributed by atoms with E-state index in [1.54, 1.807) is 0 Å². The van der Waals surface area contributed by atoms with Crippen LogP contribution in [0.1, 0.15) is 25.3 Å². The van der Waals surface area contributed by atoms with Crippen LogP contribution in [0.2, 0.25) is 0 Å². The van der Waals surface area contributed by atoms with Crippen molar-refractivity contribution in [2.75, 3.05) is 19.6 Å². The van der Waals surface area contributed by atoms with Crippen molar-refractivity contribution in [3.05, 3.63) is 35.9 Å². The molecule has 3 unspecified atom stereocenters. The fourth-order valence-corrected chi connectivity index (χ4v) is 3.73. The largest absolute Gasteiger partial charge is 0.339 e. The van der Waals surface area contributed by atoms with Gasteiger partial charge in [0, 0.05) is 32.1 Å². The van der Waals surface area contributed by atoms with Gasteiger partial charge in [-0.15, -0.1) is 0 Å². The normalized spacial score (nSPS) is 28.6. The van der Waals surface area contributed by atoms with Crippen molar-refractivity contribution in [3.63, 3.8) is 0 Å². The molecule has 3 heteroatoms. The molecule has 20 heavy (non-hydrogen) atoms. The van der Waals surface area contributed by atoms with Crippen LogP contribution in [0, 0.1) is 11.8 Å². The summed E-state index contributed by atoms with van der Waals surface area (Å²) in [4.78, 5) is 14.5. The summed E-state index contributed by atoms with van der Waals surface area (Å²) in [7, 11) is 0. The molecular weight excluding hydrogens is 248 g/mol. The van der Waals surface area contributed by atoms with Crippen LogP contribution in [0.4, 0.5) is 0 Å². The van der Waals surface area contributed by atoms with E-state index < -0.39 is 0 Å². The molecule has 0 spiro atoms. The van der Waals surface area contributed by atoms with Crippen molar-refractivity contribution in [1.29, 1.82) is 0 Å². The first-order valence-corrected chi connectivity index (χ1v) is 7.80. The molecule has 2 fully saturated rings. The van der Waals surface area contributed by atoms with Crippen LogP contribution in [0.5, 0.6) is 0 Å². The number of likely N-dealkylation sites (tertiary alicyclic amines) is 1. The predicted octanol–water partition coefficient (Wildman–Crippen LogP) is 2.08. The first-order valence-electron chi connectivity index (χ1n) is 7.80. The third-order valence-electron chi connectivity index (χ3n) is 4.95. The summed E-state index contributed by atoms with van der Waals surface area (Å²) in [5, 5.41) is 3.44. The molecule has 0 radical (unpaired) electrons. The lowest BCUT2D eigenvalue weighted by molar-refractivity contribution is -0.132. The zero-order valence-electron chi connectivity index (χ0n) is 12.2. The zero-order chi connectivity index (χ0) is 13.9. The Morgan fingerprint density at radius 2 is 2.10 bits per heavy atom. The number of fused-ring (bicyclic) bond motifs is 1. The lowest BCUT2D eigenvalue weighted by Crippen LogP contribution is -2.38. The minimum Gasteiger partial charge on any atom is -0.339 e. The Kier molecular flexibility index (Phi) is 4.06. The molecule has 2 aliphatic heterocycles. The van der Waals surface area contributed by atoms with Gasteiger partial charge in [-0.2, -0.15) is 0 Å². The van der Waals surface area contributed by atoms with Crippen LogP contribution in [-0.2, 0) is 11.2 Å². The van der Waals surface area contributed by atoms with E-state index in [1.807, 2.05) is 6.07 Å². The van der Waals surface area contributed by atoms with Crippen LogP contribution in [0.15, 0.2) is 30.3 Å². The quantitative estimate of drug-likeness (QED) is 0.910. The Morgan fingerprint density at radius 1 is 1.30 bits per heavy atom. The number of nitrogens with one attached hydrogen (secondary N) is 1. The highest BCUT2D eigenvalue weighted by Crippen LogP contribution is 2.32. The van der Waals surface area contributed by atoms with Crippen LogP contribution < -0.4 is 5.32 Å². The van der Waals surface area contributed by atoms with E-state index in [0.717, 1.165) is 32.5 Å². The van der Waals surface area contributed by atoms with Gasteiger partial charge in [-0.3, -0.25) is 4.79 Å². The van der Waals surface area contributed by atoms with Crippen molar-refractivity contribution >= 4 is 5.91 Å². The van der Waals surface area contributed by atoms with E-state index in [9.17, 15) is 4.79 Å². The maximum absolute atomic E-state index is 12.4. The molecule has 2 aliphatic rings. The summed E-state index contributed by atoms with van der Waals surface area (Å²) in [5.74, 6) is 1.71. The first-order chi connectivity index (χ1) is 9.75. The van der Waals surface area contributed by atoms with Gasteiger partial charge in [0.05, 0.1) is 0 Å². The van der Waals surface area contributed by atoms with Crippen molar-refractivity contribution in [3.8, 4) is 0 Å². The monoisotopic (exact) mass is 272 g/mol. The Bertz CT molecular complexity index is 459. The molecule has 0 aliphatic carbocycles. The standard InChI is InChI=1S/C17H24N2O/c1-13-16-11-18-10-15(16)12-19(13)17(20)9-5-8-14-6-3-2-4-7-14/h2-4,6-7,13,15-16,18H,5,8-12H2,1H3. The SMILES string of the molecule is CC1C2CNCC2CN1C(=O)CCCc1ccccc1. The molecular formula is C17H24N2O. The molecule has 0 bridgehead atoms. The number of benzene rings is 1. The van der Waals surface area contributed by atoms with Gasteiger partial charge < -0.3 is 10.2 Å². The van der Waals surface area contributed by atoms with Crippen LogP contribution in [0.25, 0.3) is 0 Å². The summed E-state index contributed by atoms with van der Waals surface area (Å²) in [6.07, 6.45) is 2.65. The van der Waals surface area contributed by atoms with Crippen molar-refractivity contribution in [1.82, 2.24) is 10.2 Å². The predicted molar refractivity (Wildman–Crippen MR) is 80.4 cm³/mol. The Labute approximate surface area is 121 Å². The number of hydrogen-bond acceptors (Lipinski definition) is 2. The maximum atomic E-state index is 12.4. The van der Waals surface area contributed by atoms with E-state index in [4.69, 9.17) is 0 Å². The maximum Gasteiger partial charge on any atom is 0.222 e. The van der Waals surface area contributed by atoms with Crippen LogP contribution in [0.3, 0.4) is 0 Å². The van der Waals surface area contributed by atoms with Gasteiger partial charge in [-0.25, -0.2) is 0 Å². The fraction of sp³-hybridized carbons (Fsp3) is 0.588. The van der Waals surface area contributed by atoms with Gasteiger partial charge >= 0.3 is 0 Å². The van der Waals surface area contributed by atoms with E-state index in [2.05, 4.69) is 41.4 Å². The number of nitrogens with zero attached hydrogens (tertiary/aromatic N) is 1. The minimum absolute atomic E-state index is 0.350. The Balaban J connectivity index is 1.48. The topological polar surface area (TPSA) is 32.3 Å². The average Bonchev–Trinajstić information content (AvgIpc) is 3.03. The minimum atomic E-state index is 0.350. The molecule has 3 nitrogen and oxygen atoms in total. The van der Waals surface area contributed by atoms with Gasteiger partial charge in [0.1, 0.15) is 0 Å². The summed E-state index contributed by atoms with van der Waals surface area (Å²) < 4.78 is 0. The van der Waals surface area contributed by atoms with Gasteiger partial charge in [0.2, 0.25) is 5.91 Å². The Hall–Kier alpha value is -1.35. The number of carbonyl (C=O) groups excluding carboxylic acids is 1. The molecule has 2 heterocycles. The third kappa shape index (κ3) is 2.73. The van der Waals surface area contributed by atoms with Crippen molar-refractivity contribution in [2.24, 2.45) is 11.8 Å². The molecule has 3 rings (SSSR count). The average molecular weight is 272 g/mol. The van der Waals surface area contributed by atoms with Crippen molar-refractivity contribution < 1.29 is 4.79 Å². The van der Waals surface area contributed by atoms with Gasteiger partial charge in [0.15, 0.2) is 0 Å².